The monoisotopic (exact) mass is 425 g/mol. The van der Waals surface area contributed by atoms with E-state index < -0.39 is 0 Å². The maximum Gasteiger partial charge on any atom is 0.263 e. The summed E-state index contributed by atoms with van der Waals surface area (Å²) in [5.41, 5.74) is 7.89. The molecule has 3 aromatic heterocycles. The molecule has 0 saturated heterocycles. The quantitative estimate of drug-likeness (QED) is 0.396. The predicted molar refractivity (Wildman–Crippen MR) is 122 cm³/mol. The molecule has 160 valence electrons. The predicted octanol–water partition coefficient (Wildman–Crippen LogP) is 4.97. The van der Waals surface area contributed by atoms with E-state index >= 15 is 0 Å². The van der Waals surface area contributed by atoms with E-state index in [1.54, 1.807) is 13.3 Å². The summed E-state index contributed by atoms with van der Waals surface area (Å²) in [4.78, 5) is 9.45. The van der Waals surface area contributed by atoms with Crippen LogP contribution in [0.5, 0.6) is 5.75 Å². The molecule has 0 aliphatic carbocycles. The van der Waals surface area contributed by atoms with Crippen molar-refractivity contribution in [3.05, 3.63) is 82.8 Å². The summed E-state index contributed by atoms with van der Waals surface area (Å²) in [7, 11) is 1.62. The molecule has 7 nitrogen and oxygen atoms in total. The van der Waals surface area contributed by atoms with Crippen molar-refractivity contribution in [2.24, 2.45) is 0 Å². The molecule has 0 N–H and O–H groups in total. The van der Waals surface area contributed by atoms with Gasteiger partial charge in [0.15, 0.2) is 5.65 Å². The third kappa shape index (κ3) is 3.32. The van der Waals surface area contributed by atoms with Crippen LogP contribution in [0.2, 0.25) is 0 Å². The van der Waals surface area contributed by atoms with Crippen LogP contribution in [-0.4, -0.2) is 31.8 Å². The molecular formula is C25H23N5O2. The minimum absolute atomic E-state index is 0.374. The highest BCUT2D eigenvalue weighted by Crippen LogP contribution is 2.31. The Bertz CT molecular complexity index is 1430. The smallest absolute Gasteiger partial charge is 0.263 e. The Hall–Kier alpha value is -4.00. The molecule has 0 saturated carbocycles. The van der Waals surface area contributed by atoms with Gasteiger partial charge in [0.25, 0.3) is 5.89 Å². The van der Waals surface area contributed by atoms with E-state index in [2.05, 4.69) is 53.4 Å². The van der Waals surface area contributed by atoms with Crippen LogP contribution in [0.3, 0.4) is 0 Å². The Labute approximate surface area is 185 Å². The van der Waals surface area contributed by atoms with Crippen LogP contribution >= 0.6 is 0 Å². The van der Waals surface area contributed by atoms with Crippen molar-refractivity contribution < 1.29 is 9.26 Å². The number of aryl methyl sites for hydroxylation is 3. The molecule has 3 heterocycles. The van der Waals surface area contributed by atoms with Crippen molar-refractivity contribution in [3.8, 4) is 28.6 Å². The van der Waals surface area contributed by atoms with Gasteiger partial charge in [-0.3, -0.25) is 0 Å². The molecule has 32 heavy (non-hydrogen) atoms. The number of ether oxygens (including phenoxy) is 1. The van der Waals surface area contributed by atoms with Crippen LogP contribution in [-0.2, 0) is 6.42 Å². The average Bonchev–Trinajstić information content (AvgIpc) is 3.45. The van der Waals surface area contributed by atoms with Crippen LogP contribution in [0.1, 0.15) is 28.1 Å². The molecule has 0 amide bonds. The first-order valence-electron chi connectivity index (χ1n) is 10.4. The molecule has 0 radical (unpaired) electrons. The summed E-state index contributed by atoms with van der Waals surface area (Å²) >= 11 is 0. The van der Waals surface area contributed by atoms with Crippen LogP contribution in [0.15, 0.2) is 59.3 Å². The van der Waals surface area contributed by atoms with Gasteiger partial charge in [-0.05, 0) is 49.6 Å². The highest BCUT2D eigenvalue weighted by Gasteiger charge is 2.20. The van der Waals surface area contributed by atoms with Gasteiger partial charge >= 0.3 is 0 Å². The van der Waals surface area contributed by atoms with E-state index in [1.807, 2.05) is 35.7 Å². The van der Waals surface area contributed by atoms with Crippen LogP contribution < -0.4 is 4.74 Å². The standard InChI is InChI=1S/C25H23N5O2/c1-15-9-5-6-10-18(15)13-20-16(2)27-24-21(14-26-30(24)17(20)3)25-28-23(29-32-25)19-11-7-8-12-22(19)31-4/h5-12,14H,13H2,1-4H3. The molecule has 0 bridgehead atoms. The summed E-state index contributed by atoms with van der Waals surface area (Å²) in [6.45, 7) is 6.23. The molecule has 7 heteroatoms. The van der Waals surface area contributed by atoms with Crippen molar-refractivity contribution in [3.63, 3.8) is 0 Å². The maximum absolute atomic E-state index is 5.58. The molecule has 0 spiro atoms. The van der Waals surface area contributed by atoms with E-state index in [1.165, 1.54) is 16.7 Å². The highest BCUT2D eigenvalue weighted by molar-refractivity contribution is 5.73. The molecule has 0 atom stereocenters. The van der Waals surface area contributed by atoms with Crippen molar-refractivity contribution in [2.45, 2.75) is 27.2 Å². The van der Waals surface area contributed by atoms with Crippen LogP contribution in [0.4, 0.5) is 0 Å². The summed E-state index contributed by atoms with van der Waals surface area (Å²) in [5, 5.41) is 8.73. The van der Waals surface area contributed by atoms with Crippen molar-refractivity contribution >= 4 is 5.65 Å². The number of nitrogens with zero attached hydrogens (tertiary/aromatic N) is 5. The molecule has 0 aliphatic heterocycles. The van der Waals surface area contributed by atoms with Gasteiger partial charge in [0.1, 0.15) is 11.3 Å². The van der Waals surface area contributed by atoms with Gasteiger partial charge in [-0.1, -0.05) is 41.6 Å². The van der Waals surface area contributed by atoms with E-state index in [-0.39, 0.29) is 0 Å². The minimum Gasteiger partial charge on any atom is -0.496 e. The second-order valence-electron chi connectivity index (χ2n) is 7.78. The van der Waals surface area contributed by atoms with Gasteiger partial charge in [0.05, 0.1) is 18.9 Å². The van der Waals surface area contributed by atoms with Gasteiger partial charge < -0.3 is 9.26 Å². The first-order valence-corrected chi connectivity index (χ1v) is 10.4. The fraction of sp³-hybridized carbons (Fsp3) is 0.200. The van der Waals surface area contributed by atoms with Gasteiger partial charge in [0.2, 0.25) is 5.82 Å². The summed E-state index contributed by atoms with van der Waals surface area (Å²) in [6, 6.07) is 16.0. The van der Waals surface area contributed by atoms with Crippen LogP contribution in [0, 0.1) is 20.8 Å². The molecule has 0 fully saturated rings. The summed E-state index contributed by atoms with van der Waals surface area (Å²) in [5.74, 6) is 1.52. The number of aromatic nitrogens is 5. The number of methoxy groups -OCH3 is 1. The SMILES string of the molecule is COc1ccccc1-c1noc(-c2cnn3c(C)c(Cc4ccccc4C)c(C)nc23)n1. The topological polar surface area (TPSA) is 78.3 Å². The Kier molecular flexibility index (Phi) is 4.93. The minimum atomic E-state index is 0.374. The molecule has 0 aliphatic rings. The zero-order chi connectivity index (χ0) is 22.2. The molecule has 5 aromatic rings. The fourth-order valence-corrected chi connectivity index (χ4v) is 3.99. The van der Waals surface area contributed by atoms with Gasteiger partial charge in [0, 0.05) is 17.8 Å². The third-order valence-corrected chi connectivity index (χ3v) is 5.84. The molecule has 2 aromatic carbocycles. The van der Waals surface area contributed by atoms with Gasteiger partial charge in [-0.25, -0.2) is 9.50 Å². The van der Waals surface area contributed by atoms with E-state index in [9.17, 15) is 0 Å². The number of hydrogen-bond acceptors (Lipinski definition) is 6. The van der Waals surface area contributed by atoms with Gasteiger partial charge in [-0.15, -0.1) is 0 Å². The Morgan fingerprint density at radius 2 is 1.72 bits per heavy atom. The number of benzene rings is 2. The second kappa shape index (κ2) is 7.92. The lowest BCUT2D eigenvalue weighted by molar-refractivity contribution is 0.413. The average molecular weight is 425 g/mol. The lowest BCUT2D eigenvalue weighted by atomic mass is 9.99. The first-order chi connectivity index (χ1) is 15.6. The molecule has 5 rings (SSSR count). The first kappa shape index (κ1) is 19.9. The van der Waals surface area contributed by atoms with E-state index in [0.29, 0.717) is 28.7 Å². The summed E-state index contributed by atoms with van der Waals surface area (Å²) in [6.07, 6.45) is 2.53. The van der Waals surface area contributed by atoms with Crippen molar-refractivity contribution in [1.82, 2.24) is 24.7 Å². The number of para-hydroxylation sites is 1. The van der Waals surface area contributed by atoms with Gasteiger partial charge in [-0.2, -0.15) is 10.1 Å². The highest BCUT2D eigenvalue weighted by atomic mass is 16.5. The van der Waals surface area contributed by atoms with Crippen LogP contribution in [0.25, 0.3) is 28.5 Å². The Morgan fingerprint density at radius 1 is 0.938 bits per heavy atom. The van der Waals surface area contributed by atoms with Crippen molar-refractivity contribution in [2.75, 3.05) is 7.11 Å². The zero-order valence-electron chi connectivity index (χ0n) is 18.5. The number of hydrogen-bond donors (Lipinski definition) is 0. The Morgan fingerprint density at radius 3 is 2.53 bits per heavy atom. The lowest BCUT2D eigenvalue weighted by Gasteiger charge is -2.13. The molecular weight excluding hydrogens is 402 g/mol. The molecule has 0 unspecified atom stereocenters. The summed E-state index contributed by atoms with van der Waals surface area (Å²) < 4.78 is 12.9. The number of fused-ring (bicyclic) bond motifs is 1. The zero-order valence-corrected chi connectivity index (χ0v) is 18.5. The Balaban J connectivity index is 1.56. The number of rotatable bonds is 5. The van der Waals surface area contributed by atoms with Crippen molar-refractivity contribution in [1.29, 1.82) is 0 Å². The van der Waals surface area contributed by atoms with E-state index in [0.717, 1.165) is 23.4 Å². The normalized spacial score (nSPS) is 11.2. The van der Waals surface area contributed by atoms with E-state index in [4.69, 9.17) is 14.2 Å². The lowest BCUT2D eigenvalue weighted by Crippen LogP contribution is -2.07. The second-order valence-corrected chi connectivity index (χ2v) is 7.78. The third-order valence-electron chi connectivity index (χ3n) is 5.84. The largest absolute Gasteiger partial charge is 0.496 e. The maximum atomic E-state index is 5.58. The fourth-order valence-electron chi connectivity index (χ4n) is 3.99.